The Balaban J connectivity index is 2.05. The number of carbonyl (C=O) groups is 1. The van der Waals surface area contributed by atoms with E-state index in [0.29, 0.717) is 25.0 Å². The van der Waals surface area contributed by atoms with Crippen molar-refractivity contribution in [3.05, 3.63) is 0 Å². The summed E-state index contributed by atoms with van der Waals surface area (Å²) in [5.74, 6) is 0.899. The van der Waals surface area contributed by atoms with Gasteiger partial charge in [0.2, 0.25) is 0 Å². The third-order valence-electron chi connectivity index (χ3n) is 4.26. The fourth-order valence-electron chi connectivity index (χ4n) is 3.25. The maximum Gasteiger partial charge on any atom is 0.309 e. The first-order chi connectivity index (χ1) is 8.15. The van der Waals surface area contributed by atoms with Gasteiger partial charge in [-0.3, -0.25) is 4.79 Å². The lowest BCUT2D eigenvalue weighted by Gasteiger charge is -2.28. The Morgan fingerprint density at radius 1 is 1.29 bits per heavy atom. The van der Waals surface area contributed by atoms with Crippen molar-refractivity contribution in [2.75, 3.05) is 20.3 Å². The number of esters is 1. The predicted octanol–water partition coefficient (Wildman–Crippen LogP) is 1.83. The van der Waals surface area contributed by atoms with Crippen LogP contribution in [-0.2, 0) is 19.0 Å². The zero-order valence-electron chi connectivity index (χ0n) is 10.8. The van der Waals surface area contributed by atoms with E-state index in [1.54, 1.807) is 0 Å². The van der Waals surface area contributed by atoms with Crippen molar-refractivity contribution in [2.24, 2.45) is 23.7 Å². The molecule has 17 heavy (non-hydrogen) atoms. The monoisotopic (exact) mass is 242 g/mol. The minimum Gasteiger partial charge on any atom is -0.469 e. The van der Waals surface area contributed by atoms with Crippen molar-refractivity contribution < 1.29 is 19.0 Å². The fraction of sp³-hybridized carbons (Fsp3) is 0.923. The molecule has 0 unspecified atom stereocenters. The highest BCUT2D eigenvalue weighted by Gasteiger charge is 2.44. The average molecular weight is 242 g/mol. The minimum absolute atomic E-state index is 0.00259. The summed E-state index contributed by atoms with van der Waals surface area (Å²) in [4.78, 5) is 11.9. The lowest BCUT2D eigenvalue weighted by molar-refractivity contribution is -0.152. The second-order valence-corrected chi connectivity index (χ2v) is 5.24. The van der Waals surface area contributed by atoms with Crippen LogP contribution >= 0.6 is 0 Å². The molecule has 0 radical (unpaired) electrons. The molecule has 0 bridgehead atoms. The van der Waals surface area contributed by atoms with E-state index in [1.807, 2.05) is 0 Å². The van der Waals surface area contributed by atoms with Crippen LogP contribution in [-0.4, -0.2) is 32.6 Å². The average Bonchev–Trinajstić information content (AvgIpc) is 2.96. The Bertz CT molecular complexity index is 273. The SMILES string of the molecule is COC(=O)[C@H]1[C@@H]([C@H](C)C2OCCO2)CC[C@@H]1C. The van der Waals surface area contributed by atoms with Gasteiger partial charge in [0.1, 0.15) is 0 Å². The Hall–Kier alpha value is -0.610. The maximum absolute atomic E-state index is 11.9. The molecular weight excluding hydrogens is 220 g/mol. The highest BCUT2D eigenvalue weighted by atomic mass is 16.7. The van der Waals surface area contributed by atoms with Crippen LogP contribution in [0.5, 0.6) is 0 Å². The molecule has 0 aromatic rings. The van der Waals surface area contributed by atoms with Crippen LogP contribution in [0.3, 0.4) is 0 Å². The summed E-state index contributed by atoms with van der Waals surface area (Å²) >= 11 is 0. The quantitative estimate of drug-likeness (QED) is 0.708. The molecule has 4 heteroatoms. The molecule has 2 rings (SSSR count). The van der Waals surface area contributed by atoms with Crippen LogP contribution in [0.25, 0.3) is 0 Å². The number of hydrogen-bond acceptors (Lipinski definition) is 4. The molecule has 0 aromatic heterocycles. The summed E-state index contributed by atoms with van der Waals surface area (Å²) in [6, 6.07) is 0. The molecule has 0 spiro atoms. The largest absolute Gasteiger partial charge is 0.469 e. The van der Waals surface area contributed by atoms with Gasteiger partial charge in [-0.25, -0.2) is 0 Å². The van der Waals surface area contributed by atoms with Crippen LogP contribution in [0, 0.1) is 23.7 Å². The van der Waals surface area contributed by atoms with Crippen molar-refractivity contribution in [1.29, 1.82) is 0 Å². The first-order valence-electron chi connectivity index (χ1n) is 6.46. The summed E-state index contributed by atoms with van der Waals surface area (Å²) in [5, 5.41) is 0. The zero-order chi connectivity index (χ0) is 12.4. The molecule has 1 heterocycles. The van der Waals surface area contributed by atoms with Gasteiger partial charge < -0.3 is 14.2 Å². The molecule has 98 valence electrons. The topological polar surface area (TPSA) is 44.8 Å². The van der Waals surface area contributed by atoms with Gasteiger partial charge in [0, 0.05) is 5.92 Å². The fourth-order valence-corrected chi connectivity index (χ4v) is 3.25. The van der Waals surface area contributed by atoms with E-state index in [1.165, 1.54) is 7.11 Å². The van der Waals surface area contributed by atoms with E-state index >= 15 is 0 Å². The summed E-state index contributed by atoms with van der Waals surface area (Å²) in [5.41, 5.74) is 0. The molecule has 1 aliphatic carbocycles. The van der Waals surface area contributed by atoms with E-state index in [0.717, 1.165) is 12.8 Å². The molecule has 1 saturated heterocycles. The lowest BCUT2D eigenvalue weighted by Crippen LogP contribution is -2.34. The molecule has 0 amide bonds. The van der Waals surface area contributed by atoms with E-state index < -0.39 is 0 Å². The molecule has 4 atom stereocenters. The van der Waals surface area contributed by atoms with Gasteiger partial charge >= 0.3 is 5.97 Å². The molecule has 0 aromatic carbocycles. The van der Waals surface area contributed by atoms with Gasteiger partial charge in [-0.05, 0) is 24.7 Å². The highest BCUT2D eigenvalue weighted by Crippen LogP contribution is 2.43. The van der Waals surface area contributed by atoms with Crippen LogP contribution < -0.4 is 0 Å². The standard InChI is InChI=1S/C13H22O4/c1-8-4-5-10(11(8)12(14)15-3)9(2)13-16-6-7-17-13/h8-11,13H,4-7H2,1-3H3/t8-,9-,10+,11+/m0/s1. The summed E-state index contributed by atoms with van der Waals surface area (Å²) in [6.45, 7) is 5.58. The second kappa shape index (κ2) is 5.36. The van der Waals surface area contributed by atoms with Crippen LogP contribution in [0.15, 0.2) is 0 Å². The van der Waals surface area contributed by atoms with E-state index in [2.05, 4.69) is 13.8 Å². The van der Waals surface area contributed by atoms with Crippen LogP contribution in [0.4, 0.5) is 0 Å². The molecule has 2 aliphatic rings. The number of hydrogen-bond donors (Lipinski definition) is 0. The normalized spacial score (nSPS) is 36.1. The maximum atomic E-state index is 11.9. The molecule has 4 nitrogen and oxygen atoms in total. The minimum atomic E-state index is -0.141. The van der Waals surface area contributed by atoms with Gasteiger partial charge in [0.25, 0.3) is 0 Å². The molecule has 0 N–H and O–H groups in total. The summed E-state index contributed by atoms with van der Waals surface area (Å²) < 4.78 is 16.0. The van der Waals surface area contributed by atoms with Crippen molar-refractivity contribution in [3.8, 4) is 0 Å². The van der Waals surface area contributed by atoms with Crippen molar-refractivity contribution in [1.82, 2.24) is 0 Å². The lowest BCUT2D eigenvalue weighted by atomic mass is 9.82. The third kappa shape index (κ3) is 2.47. The van der Waals surface area contributed by atoms with E-state index in [9.17, 15) is 4.79 Å². The van der Waals surface area contributed by atoms with Gasteiger partial charge in [-0.15, -0.1) is 0 Å². The first-order valence-corrected chi connectivity index (χ1v) is 6.46. The van der Waals surface area contributed by atoms with Crippen molar-refractivity contribution >= 4 is 5.97 Å². The number of methoxy groups -OCH3 is 1. The van der Waals surface area contributed by atoms with Crippen LogP contribution in [0.1, 0.15) is 26.7 Å². The van der Waals surface area contributed by atoms with Gasteiger partial charge in [-0.2, -0.15) is 0 Å². The van der Waals surface area contributed by atoms with E-state index in [-0.39, 0.29) is 24.1 Å². The van der Waals surface area contributed by atoms with Crippen molar-refractivity contribution in [2.45, 2.75) is 33.0 Å². The van der Waals surface area contributed by atoms with Crippen LogP contribution in [0.2, 0.25) is 0 Å². The summed E-state index contributed by atoms with van der Waals surface area (Å²) in [6.07, 6.45) is 2.00. The molecule has 1 saturated carbocycles. The molecular formula is C13H22O4. The molecule has 1 aliphatic heterocycles. The highest BCUT2D eigenvalue weighted by molar-refractivity contribution is 5.73. The van der Waals surface area contributed by atoms with Crippen molar-refractivity contribution in [3.63, 3.8) is 0 Å². The number of carbonyl (C=O) groups excluding carboxylic acids is 1. The second-order valence-electron chi connectivity index (χ2n) is 5.24. The first kappa shape index (κ1) is 12.8. The van der Waals surface area contributed by atoms with E-state index in [4.69, 9.17) is 14.2 Å². The Morgan fingerprint density at radius 2 is 1.94 bits per heavy atom. The van der Waals surface area contributed by atoms with Gasteiger partial charge in [-0.1, -0.05) is 13.8 Å². The summed E-state index contributed by atoms with van der Waals surface area (Å²) in [7, 11) is 1.47. The molecule has 2 fully saturated rings. The Morgan fingerprint density at radius 3 is 2.53 bits per heavy atom. The smallest absolute Gasteiger partial charge is 0.309 e. The third-order valence-corrected chi connectivity index (χ3v) is 4.26. The zero-order valence-corrected chi connectivity index (χ0v) is 10.8. The number of rotatable bonds is 3. The predicted molar refractivity (Wildman–Crippen MR) is 62.3 cm³/mol. The van der Waals surface area contributed by atoms with Gasteiger partial charge in [0.05, 0.1) is 26.2 Å². The Labute approximate surface area is 103 Å². The van der Waals surface area contributed by atoms with Gasteiger partial charge in [0.15, 0.2) is 6.29 Å². The Kier molecular flexibility index (Phi) is 4.05. The number of ether oxygens (including phenoxy) is 3.